The Bertz CT molecular complexity index is 1500. The van der Waals surface area contributed by atoms with Gasteiger partial charge < -0.3 is 9.47 Å². The first-order valence-corrected chi connectivity index (χ1v) is 12.9. The summed E-state index contributed by atoms with van der Waals surface area (Å²) in [6.45, 7) is 3.54. The molecule has 0 spiro atoms. The van der Waals surface area contributed by atoms with Crippen LogP contribution in [0.1, 0.15) is 23.7 Å². The molecule has 1 aromatic heterocycles. The van der Waals surface area contributed by atoms with Crippen molar-refractivity contribution in [1.82, 2.24) is 4.98 Å². The zero-order valence-electron chi connectivity index (χ0n) is 20.0. The van der Waals surface area contributed by atoms with Crippen molar-refractivity contribution in [3.63, 3.8) is 0 Å². The third kappa shape index (κ3) is 6.28. The molecule has 0 unspecified atom stereocenters. The fourth-order valence-electron chi connectivity index (χ4n) is 3.49. The topological polar surface area (TPSA) is 94.6 Å². The lowest BCUT2D eigenvalue weighted by Gasteiger charge is -2.14. The second-order valence-electron chi connectivity index (χ2n) is 8.03. The Hall–Kier alpha value is -4.17. The van der Waals surface area contributed by atoms with Crippen LogP contribution in [0.2, 0.25) is 0 Å². The number of anilines is 1. The van der Waals surface area contributed by atoms with Crippen LogP contribution in [-0.2, 0) is 19.6 Å². The number of ether oxygens (including phenoxy) is 2. The van der Waals surface area contributed by atoms with Gasteiger partial charge in [-0.1, -0.05) is 60.2 Å². The van der Waals surface area contributed by atoms with Crippen molar-refractivity contribution in [2.24, 2.45) is 0 Å². The van der Waals surface area contributed by atoms with E-state index in [0.29, 0.717) is 22.3 Å². The van der Waals surface area contributed by atoms with E-state index in [4.69, 9.17) is 9.47 Å². The fourth-order valence-corrected chi connectivity index (χ4v) is 4.55. The molecule has 0 saturated heterocycles. The monoisotopic (exact) mass is 502 g/mol. The van der Waals surface area contributed by atoms with Gasteiger partial charge in [0.15, 0.2) is 6.61 Å². The molecule has 0 aliphatic heterocycles. The van der Waals surface area contributed by atoms with Crippen LogP contribution in [0.3, 0.4) is 0 Å². The number of aryl methyl sites for hydroxylation is 1. The maximum Gasteiger partial charge on any atom is 0.344 e. The number of benzene rings is 3. The van der Waals surface area contributed by atoms with Gasteiger partial charge in [0.05, 0.1) is 28.4 Å². The number of pyridine rings is 1. The number of fused-ring (bicyclic) bond motifs is 1. The molecule has 4 rings (SSSR count). The van der Waals surface area contributed by atoms with Crippen LogP contribution >= 0.6 is 0 Å². The zero-order valence-corrected chi connectivity index (χ0v) is 20.8. The van der Waals surface area contributed by atoms with E-state index in [0.717, 1.165) is 11.1 Å². The summed E-state index contributed by atoms with van der Waals surface area (Å²) in [6.07, 6.45) is 3.79. The van der Waals surface area contributed by atoms with Crippen molar-refractivity contribution >= 4 is 44.7 Å². The number of nitrogens with one attached hydrogen (secondary N) is 1. The summed E-state index contributed by atoms with van der Waals surface area (Å²) >= 11 is 0. The Kier molecular flexibility index (Phi) is 7.65. The van der Waals surface area contributed by atoms with E-state index in [1.807, 2.05) is 61.5 Å². The third-order valence-electron chi connectivity index (χ3n) is 5.27. The van der Waals surface area contributed by atoms with Crippen molar-refractivity contribution in [3.8, 4) is 5.75 Å². The van der Waals surface area contributed by atoms with E-state index >= 15 is 0 Å². The number of carbonyl (C=O) groups excluding carboxylic acids is 1. The molecule has 36 heavy (non-hydrogen) atoms. The molecule has 0 amide bonds. The normalized spacial score (nSPS) is 11.5. The molecule has 0 atom stereocenters. The Morgan fingerprint density at radius 3 is 2.44 bits per heavy atom. The zero-order chi connectivity index (χ0) is 25.5. The molecule has 1 heterocycles. The molecule has 0 bridgehead atoms. The number of sulfonamides is 1. The SMILES string of the molecule is CCOC(=O)COc1cc(NS(=O)(=O)c2ccc(C)cc2)c2nc(/C=C/c3ccccc3)ccc2c1. The van der Waals surface area contributed by atoms with Gasteiger partial charge in [0.1, 0.15) is 5.75 Å². The molecule has 0 aliphatic rings. The summed E-state index contributed by atoms with van der Waals surface area (Å²) in [4.78, 5) is 16.6. The third-order valence-corrected chi connectivity index (χ3v) is 6.65. The lowest BCUT2D eigenvalue weighted by Crippen LogP contribution is -2.16. The highest BCUT2D eigenvalue weighted by molar-refractivity contribution is 7.92. The van der Waals surface area contributed by atoms with Crippen molar-refractivity contribution < 1.29 is 22.7 Å². The lowest BCUT2D eigenvalue weighted by atomic mass is 10.1. The molecule has 7 nitrogen and oxygen atoms in total. The maximum absolute atomic E-state index is 13.1. The summed E-state index contributed by atoms with van der Waals surface area (Å²) < 4.78 is 39.4. The van der Waals surface area contributed by atoms with Crippen molar-refractivity contribution in [2.45, 2.75) is 18.7 Å². The van der Waals surface area contributed by atoms with Gasteiger partial charge in [0, 0.05) is 11.5 Å². The van der Waals surface area contributed by atoms with Crippen molar-refractivity contribution in [1.29, 1.82) is 0 Å². The summed E-state index contributed by atoms with van der Waals surface area (Å²) in [6, 6.07) is 23.2. The Morgan fingerprint density at radius 2 is 1.72 bits per heavy atom. The summed E-state index contributed by atoms with van der Waals surface area (Å²) in [7, 11) is -3.90. The lowest BCUT2D eigenvalue weighted by molar-refractivity contribution is -0.145. The number of hydrogen-bond acceptors (Lipinski definition) is 6. The number of carbonyl (C=O) groups is 1. The predicted molar refractivity (Wildman–Crippen MR) is 141 cm³/mol. The number of rotatable bonds is 9. The first-order chi connectivity index (χ1) is 17.3. The molecular weight excluding hydrogens is 476 g/mol. The molecule has 184 valence electrons. The molecular formula is C28H26N2O5S. The number of nitrogens with zero attached hydrogens (tertiary/aromatic N) is 1. The van der Waals surface area contributed by atoms with Crippen LogP contribution in [0.5, 0.6) is 5.75 Å². The van der Waals surface area contributed by atoms with E-state index < -0.39 is 16.0 Å². The smallest absolute Gasteiger partial charge is 0.344 e. The Balaban J connectivity index is 1.72. The van der Waals surface area contributed by atoms with E-state index in [1.54, 1.807) is 37.3 Å². The highest BCUT2D eigenvalue weighted by Crippen LogP contribution is 2.31. The van der Waals surface area contributed by atoms with Crippen LogP contribution < -0.4 is 9.46 Å². The first-order valence-electron chi connectivity index (χ1n) is 11.4. The number of aromatic nitrogens is 1. The summed E-state index contributed by atoms with van der Waals surface area (Å²) in [5, 5.41) is 0.648. The standard InChI is InChI=1S/C28H26N2O5S/c1-3-34-27(31)19-35-24-17-22-12-14-23(13-11-21-7-5-4-6-8-21)29-28(22)26(18-24)30-36(32,33)25-15-9-20(2)10-16-25/h4-18,30H,3,19H2,1-2H3/b13-11+. The number of esters is 1. The van der Waals surface area contributed by atoms with Gasteiger partial charge in [0.2, 0.25) is 0 Å². The molecule has 8 heteroatoms. The second kappa shape index (κ2) is 11.0. The summed E-state index contributed by atoms with van der Waals surface area (Å²) in [5.41, 5.74) is 3.31. The van der Waals surface area contributed by atoms with Gasteiger partial charge >= 0.3 is 5.97 Å². The first kappa shape index (κ1) is 24.9. The van der Waals surface area contributed by atoms with Gasteiger partial charge in [-0.15, -0.1) is 0 Å². The molecule has 1 N–H and O–H groups in total. The number of hydrogen-bond donors (Lipinski definition) is 1. The molecule has 0 fully saturated rings. The molecule has 0 aliphatic carbocycles. The van der Waals surface area contributed by atoms with Crippen LogP contribution in [0.4, 0.5) is 5.69 Å². The molecule has 3 aromatic carbocycles. The molecule has 0 saturated carbocycles. The van der Waals surface area contributed by atoms with E-state index in [1.165, 1.54) is 6.07 Å². The van der Waals surface area contributed by atoms with Gasteiger partial charge in [-0.05, 0) is 49.8 Å². The maximum atomic E-state index is 13.1. The average molecular weight is 503 g/mol. The highest BCUT2D eigenvalue weighted by atomic mass is 32.2. The predicted octanol–water partition coefficient (Wildman–Crippen LogP) is 5.46. The Morgan fingerprint density at radius 1 is 0.972 bits per heavy atom. The summed E-state index contributed by atoms with van der Waals surface area (Å²) in [5.74, 6) is -0.203. The van der Waals surface area contributed by atoms with E-state index in [-0.39, 0.29) is 23.8 Å². The highest BCUT2D eigenvalue weighted by Gasteiger charge is 2.18. The Labute approximate surface area is 210 Å². The van der Waals surface area contributed by atoms with Crippen molar-refractivity contribution in [2.75, 3.05) is 17.9 Å². The molecule has 4 aromatic rings. The van der Waals surface area contributed by atoms with E-state index in [9.17, 15) is 13.2 Å². The van der Waals surface area contributed by atoms with E-state index in [2.05, 4.69) is 9.71 Å². The fraction of sp³-hybridized carbons (Fsp3) is 0.143. The second-order valence-corrected chi connectivity index (χ2v) is 9.72. The van der Waals surface area contributed by atoms with Gasteiger partial charge in [0.25, 0.3) is 10.0 Å². The van der Waals surface area contributed by atoms with Gasteiger partial charge in [-0.3, -0.25) is 4.72 Å². The quantitative estimate of drug-likeness (QED) is 0.306. The minimum Gasteiger partial charge on any atom is -0.482 e. The van der Waals surface area contributed by atoms with Gasteiger partial charge in [-0.25, -0.2) is 18.2 Å². The minimum absolute atomic E-state index is 0.124. The van der Waals surface area contributed by atoms with Crippen LogP contribution in [0, 0.1) is 6.92 Å². The largest absolute Gasteiger partial charge is 0.482 e. The average Bonchev–Trinajstić information content (AvgIpc) is 2.87. The molecule has 0 radical (unpaired) electrons. The van der Waals surface area contributed by atoms with Crippen LogP contribution in [-0.4, -0.2) is 32.6 Å². The van der Waals surface area contributed by atoms with Crippen LogP contribution in [0.25, 0.3) is 23.1 Å². The van der Waals surface area contributed by atoms with Crippen molar-refractivity contribution in [3.05, 3.63) is 95.7 Å². The van der Waals surface area contributed by atoms with Gasteiger partial charge in [-0.2, -0.15) is 0 Å². The minimum atomic E-state index is -3.90. The van der Waals surface area contributed by atoms with Crippen LogP contribution in [0.15, 0.2) is 83.8 Å².